The minimum Gasteiger partial charge on any atom is -0.345 e. The van der Waals surface area contributed by atoms with Gasteiger partial charge in [0.05, 0.1) is 17.7 Å². The molecule has 0 saturated carbocycles. The molecule has 3 aromatic carbocycles. The Morgan fingerprint density at radius 3 is 1.97 bits per heavy atom. The summed E-state index contributed by atoms with van der Waals surface area (Å²) in [6, 6.07) is 28.6. The van der Waals surface area contributed by atoms with Gasteiger partial charge in [-0.25, -0.2) is 12.7 Å². The summed E-state index contributed by atoms with van der Waals surface area (Å²) in [4.78, 5) is 13.3. The van der Waals surface area contributed by atoms with Crippen molar-refractivity contribution in [3.63, 3.8) is 0 Å². The monoisotopic (exact) mass is 448 g/mol. The van der Waals surface area contributed by atoms with Crippen LogP contribution in [-0.2, 0) is 20.6 Å². The van der Waals surface area contributed by atoms with Crippen molar-refractivity contribution in [2.24, 2.45) is 5.92 Å². The quantitative estimate of drug-likeness (QED) is 0.591. The molecular weight excluding hydrogens is 420 g/mol. The van der Waals surface area contributed by atoms with Gasteiger partial charge in [-0.3, -0.25) is 4.79 Å². The third-order valence-electron chi connectivity index (χ3n) is 5.89. The zero-order valence-corrected chi connectivity index (χ0v) is 18.7. The van der Waals surface area contributed by atoms with Crippen LogP contribution in [0, 0.1) is 5.92 Å². The molecule has 1 aliphatic rings. The fourth-order valence-corrected chi connectivity index (χ4v) is 5.81. The number of hydrogen-bond acceptors (Lipinski definition) is 3. The maximum absolute atomic E-state index is 13.3. The molecule has 6 heteroatoms. The number of nitrogens with zero attached hydrogens (tertiary/aromatic N) is 1. The fraction of sp³-hybridized carbons (Fsp3) is 0.269. The van der Waals surface area contributed by atoms with Crippen LogP contribution in [0.4, 0.5) is 0 Å². The summed E-state index contributed by atoms with van der Waals surface area (Å²) in [5.74, 6) is -0.523. The molecule has 1 aliphatic heterocycles. The number of sulfonamides is 1. The van der Waals surface area contributed by atoms with Crippen LogP contribution in [0.15, 0.2) is 91.0 Å². The molecule has 166 valence electrons. The average molecular weight is 449 g/mol. The SMILES string of the molecule is O=C(NC(c1ccccc1)c1ccccc1)[C@@H]1CCCN(S(=O)(=O)Cc2ccccc2)C1. The molecule has 1 N–H and O–H groups in total. The van der Waals surface area contributed by atoms with Crippen molar-refractivity contribution in [3.8, 4) is 0 Å². The maximum atomic E-state index is 13.3. The predicted octanol–water partition coefficient (Wildman–Crippen LogP) is 4.13. The molecule has 0 bridgehead atoms. The van der Waals surface area contributed by atoms with Crippen LogP contribution in [0.1, 0.15) is 35.6 Å². The van der Waals surface area contributed by atoms with Crippen molar-refractivity contribution < 1.29 is 13.2 Å². The lowest BCUT2D eigenvalue weighted by molar-refractivity contribution is -0.126. The number of nitrogens with one attached hydrogen (secondary N) is 1. The van der Waals surface area contributed by atoms with Crippen molar-refractivity contribution in [3.05, 3.63) is 108 Å². The van der Waals surface area contributed by atoms with Crippen LogP contribution in [0.25, 0.3) is 0 Å². The van der Waals surface area contributed by atoms with Crippen LogP contribution in [-0.4, -0.2) is 31.7 Å². The summed E-state index contributed by atoms with van der Waals surface area (Å²) in [5.41, 5.74) is 2.75. The van der Waals surface area contributed by atoms with Crippen molar-refractivity contribution >= 4 is 15.9 Å². The normalized spacial score (nSPS) is 17.2. The van der Waals surface area contributed by atoms with Crippen LogP contribution < -0.4 is 5.32 Å². The van der Waals surface area contributed by atoms with E-state index in [1.54, 1.807) is 0 Å². The Hall–Kier alpha value is -2.96. The summed E-state index contributed by atoms with van der Waals surface area (Å²) in [6.45, 7) is 0.678. The number of benzene rings is 3. The zero-order chi connectivity index (χ0) is 22.4. The second kappa shape index (κ2) is 10.1. The van der Waals surface area contributed by atoms with Gasteiger partial charge >= 0.3 is 0 Å². The molecule has 1 heterocycles. The summed E-state index contributed by atoms with van der Waals surface area (Å²) in [6.07, 6.45) is 1.35. The van der Waals surface area contributed by atoms with Crippen LogP contribution in [0.2, 0.25) is 0 Å². The largest absolute Gasteiger partial charge is 0.345 e. The van der Waals surface area contributed by atoms with Gasteiger partial charge in [-0.15, -0.1) is 0 Å². The van der Waals surface area contributed by atoms with Crippen LogP contribution >= 0.6 is 0 Å². The lowest BCUT2D eigenvalue weighted by Gasteiger charge is -2.32. The van der Waals surface area contributed by atoms with Crippen LogP contribution in [0.5, 0.6) is 0 Å². The molecule has 1 amide bonds. The molecule has 4 rings (SSSR count). The van der Waals surface area contributed by atoms with Crippen molar-refractivity contribution in [2.75, 3.05) is 13.1 Å². The van der Waals surface area contributed by atoms with Gasteiger partial charge < -0.3 is 5.32 Å². The lowest BCUT2D eigenvalue weighted by atomic mass is 9.95. The summed E-state index contributed by atoms with van der Waals surface area (Å²) in [7, 11) is -3.48. The molecule has 0 radical (unpaired) electrons. The van der Waals surface area contributed by atoms with E-state index in [4.69, 9.17) is 0 Å². The van der Waals surface area contributed by atoms with E-state index >= 15 is 0 Å². The van der Waals surface area contributed by atoms with E-state index < -0.39 is 10.0 Å². The standard InChI is InChI=1S/C26H28N2O3S/c29-26(27-25(22-13-6-2-7-14-22)23-15-8-3-9-16-23)24-17-10-18-28(19-24)32(30,31)20-21-11-4-1-5-12-21/h1-9,11-16,24-25H,10,17-20H2,(H,27,29)/t24-/m1/s1. The van der Waals surface area contributed by atoms with Gasteiger partial charge in [0, 0.05) is 13.1 Å². The summed E-state index contributed by atoms with van der Waals surface area (Å²) < 4.78 is 27.4. The van der Waals surface area contributed by atoms with Crippen molar-refractivity contribution in [1.29, 1.82) is 0 Å². The highest BCUT2D eigenvalue weighted by atomic mass is 32.2. The first-order valence-electron chi connectivity index (χ1n) is 10.9. The van der Waals surface area contributed by atoms with E-state index in [2.05, 4.69) is 5.32 Å². The Morgan fingerprint density at radius 2 is 1.41 bits per heavy atom. The van der Waals surface area contributed by atoms with Gasteiger partial charge in [-0.05, 0) is 29.5 Å². The van der Waals surface area contributed by atoms with E-state index in [-0.39, 0.29) is 30.2 Å². The number of carbonyl (C=O) groups is 1. The van der Waals surface area contributed by atoms with E-state index in [9.17, 15) is 13.2 Å². The minimum absolute atomic E-state index is 0.0428. The van der Waals surface area contributed by atoms with Gasteiger partial charge in [0.15, 0.2) is 0 Å². The highest BCUT2D eigenvalue weighted by molar-refractivity contribution is 7.88. The Bertz CT molecular complexity index is 1080. The zero-order valence-electron chi connectivity index (χ0n) is 17.9. The Morgan fingerprint density at radius 1 is 0.875 bits per heavy atom. The predicted molar refractivity (Wildman–Crippen MR) is 126 cm³/mol. The average Bonchev–Trinajstić information content (AvgIpc) is 2.84. The second-order valence-electron chi connectivity index (χ2n) is 8.20. The van der Waals surface area contributed by atoms with E-state index in [0.29, 0.717) is 19.4 Å². The highest BCUT2D eigenvalue weighted by Gasteiger charge is 2.33. The third-order valence-corrected chi connectivity index (χ3v) is 7.71. The minimum atomic E-state index is -3.48. The van der Waals surface area contributed by atoms with Crippen molar-refractivity contribution in [2.45, 2.75) is 24.6 Å². The van der Waals surface area contributed by atoms with Gasteiger partial charge in [0.1, 0.15) is 0 Å². The first-order valence-corrected chi connectivity index (χ1v) is 12.6. The van der Waals surface area contributed by atoms with E-state index in [1.165, 1.54) is 4.31 Å². The molecule has 1 atom stereocenters. The number of rotatable bonds is 7. The highest BCUT2D eigenvalue weighted by Crippen LogP contribution is 2.25. The molecule has 0 aromatic heterocycles. The molecule has 0 unspecified atom stereocenters. The van der Waals surface area contributed by atoms with E-state index in [1.807, 2.05) is 91.0 Å². The fourth-order valence-electron chi connectivity index (χ4n) is 4.20. The molecule has 0 aliphatic carbocycles. The molecule has 1 saturated heterocycles. The number of amides is 1. The number of piperidine rings is 1. The topological polar surface area (TPSA) is 66.5 Å². The first-order chi connectivity index (χ1) is 15.5. The Balaban J connectivity index is 1.48. The molecule has 3 aromatic rings. The summed E-state index contributed by atoms with van der Waals surface area (Å²) in [5, 5.41) is 3.18. The molecule has 32 heavy (non-hydrogen) atoms. The van der Waals surface area contributed by atoms with Gasteiger partial charge in [0.25, 0.3) is 0 Å². The maximum Gasteiger partial charge on any atom is 0.225 e. The number of hydrogen-bond donors (Lipinski definition) is 1. The summed E-state index contributed by atoms with van der Waals surface area (Å²) >= 11 is 0. The molecular formula is C26H28N2O3S. The van der Waals surface area contributed by atoms with Gasteiger partial charge in [-0.2, -0.15) is 0 Å². The molecule has 1 fully saturated rings. The molecule has 5 nitrogen and oxygen atoms in total. The smallest absolute Gasteiger partial charge is 0.225 e. The Labute approximate surface area is 190 Å². The van der Waals surface area contributed by atoms with Gasteiger partial charge in [-0.1, -0.05) is 91.0 Å². The Kier molecular flexibility index (Phi) is 7.02. The van der Waals surface area contributed by atoms with Crippen molar-refractivity contribution in [1.82, 2.24) is 9.62 Å². The van der Waals surface area contributed by atoms with Gasteiger partial charge in [0.2, 0.25) is 15.9 Å². The third kappa shape index (κ3) is 5.44. The molecule has 0 spiro atoms. The second-order valence-corrected chi connectivity index (χ2v) is 10.2. The van der Waals surface area contributed by atoms with E-state index in [0.717, 1.165) is 16.7 Å². The number of carbonyl (C=O) groups excluding carboxylic acids is 1. The first kappa shape index (κ1) is 22.2. The van der Waals surface area contributed by atoms with Crippen LogP contribution in [0.3, 0.4) is 0 Å². The lowest BCUT2D eigenvalue weighted by Crippen LogP contribution is -2.46.